The maximum Gasteiger partial charge on any atom is 0.416 e. The number of anilines is 1. The van der Waals surface area contributed by atoms with Crippen LogP contribution in [0.15, 0.2) is 54.6 Å². The topological polar surface area (TPSA) is 67.9 Å². The molecule has 2 aromatic rings. The van der Waals surface area contributed by atoms with Crippen molar-refractivity contribution in [3.05, 3.63) is 65.7 Å². The number of nitrogens with zero attached hydrogens (tertiary/aromatic N) is 3. The van der Waals surface area contributed by atoms with Crippen molar-refractivity contribution in [3.8, 4) is 0 Å². The van der Waals surface area contributed by atoms with Crippen LogP contribution in [-0.2, 0) is 17.5 Å². The van der Waals surface area contributed by atoms with E-state index in [4.69, 9.17) is 0 Å². The fraction of sp³-hybridized carbons (Fsp3) is 0.548. The zero-order chi connectivity index (χ0) is 29.2. The molecule has 0 saturated carbocycles. The number of alkyl halides is 3. The number of nitrogens with one attached hydrogen (secondary N) is 2. The van der Waals surface area contributed by atoms with Crippen LogP contribution in [-0.4, -0.2) is 70.6 Å². The van der Waals surface area contributed by atoms with Crippen molar-refractivity contribution in [1.29, 1.82) is 0 Å². The monoisotopic (exact) mass is 571 g/mol. The lowest BCUT2D eigenvalue weighted by Gasteiger charge is -2.49. The third kappa shape index (κ3) is 6.38. The van der Waals surface area contributed by atoms with Gasteiger partial charge in [0.25, 0.3) is 0 Å². The summed E-state index contributed by atoms with van der Waals surface area (Å²) in [5.41, 5.74) is 0.357. The lowest BCUT2D eigenvalue weighted by atomic mass is 9.92. The number of halogens is 3. The van der Waals surface area contributed by atoms with E-state index in [0.29, 0.717) is 31.6 Å². The Morgan fingerprint density at radius 3 is 2.24 bits per heavy atom. The van der Waals surface area contributed by atoms with Gasteiger partial charge in [0, 0.05) is 57.3 Å². The maximum atomic E-state index is 13.9. The van der Waals surface area contributed by atoms with Gasteiger partial charge in [0.2, 0.25) is 5.91 Å². The van der Waals surface area contributed by atoms with E-state index in [2.05, 4.69) is 58.5 Å². The van der Waals surface area contributed by atoms with Crippen molar-refractivity contribution in [2.75, 3.05) is 31.5 Å². The first-order valence-corrected chi connectivity index (χ1v) is 14.7. The highest BCUT2D eigenvalue weighted by Gasteiger charge is 2.55. The Kier molecular flexibility index (Phi) is 8.61. The lowest BCUT2D eigenvalue weighted by molar-refractivity contribution is -0.139. The summed E-state index contributed by atoms with van der Waals surface area (Å²) in [7, 11) is 0. The van der Waals surface area contributed by atoms with Crippen molar-refractivity contribution in [1.82, 2.24) is 20.0 Å². The summed E-state index contributed by atoms with van der Waals surface area (Å²) in [6, 6.07) is 14.5. The molecule has 0 radical (unpaired) electrons. The van der Waals surface area contributed by atoms with E-state index >= 15 is 0 Å². The van der Waals surface area contributed by atoms with Crippen LogP contribution in [0, 0.1) is 5.92 Å². The predicted molar refractivity (Wildman–Crippen MR) is 152 cm³/mol. The number of piperidine rings is 2. The summed E-state index contributed by atoms with van der Waals surface area (Å²) in [6.07, 6.45) is -0.495. The van der Waals surface area contributed by atoms with Crippen LogP contribution in [0.3, 0.4) is 0 Å². The quantitative estimate of drug-likeness (QED) is 0.478. The van der Waals surface area contributed by atoms with Gasteiger partial charge in [0.15, 0.2) is 0 Å². The van der Waals surface area contributed by atoms with E-state index in [1.54, 1.807) is 4.90 Å². The van der Waals surface area contributed by atoms with E-state index in [-0.39, 0.29) is 29.9 Å². The van der Waals surface area contributed by atoms with Gasteiger partial charge in [-0.25, -0.2) is 4.79 Å². The Balaban J connectivity index is 1.23. The number of hydrogen-bond donors (Lipinski definition) is 2. The fourth-order valence-corrected chi connectivity index (χ4v) is 6.52. The second kappa shape index (κ2) is 12.0. The Bertz CT molecular complexity index is 1190. The van der Waals surface area contributed by atoms with E-state index in [1.165, 1.54) is 17.7 Å². The van der Waals surface area contributed by atoms with Gasteiger partial charge >= 0.3 is 12.2 Å². The molecule has 10 heteroatoms. The number of benzene rings is 2. The van der Waals surface area contributed by atoms with Gasteiger partial charge in [-0.1, -0.05) is 50.6 Å². The minimum absolute atomic E-state index is 0.142. The van der Waals surface area contributed by atoms with Crippen LogP contribution in [0.2, 0.25) is 0 Å². The number of rotatable bonds is 6. The standard InChI is InChI=1S/C31H40F3N5O2/c1-3-22(2)27-28(40)39(26-13-17-37(18-14-26)21-23-7-5-4-6-8-23)30(36-27)15-19-38(20-16-30)29(41)35-25-11-9-24(10-12-25)31(32,33)34/h4-12,22,26-27,36H,3,13-21H2,1-2H3,(H,35,41). The zero-order valence-corrected chi connectivity index (χ0v) is 23.8. The van der Waals surface area contributed by atoms with E-state index < -0.39 is 17.4 Å². The zero-order valence-electron chi connectivity index (χ0n) is 23.8. The molecule has 3 aliphatic heterocycles. The molecule has 5 rings (SSSR count). The van der Waals surface area contributed by atoms with Gasteiger partial charge in [-0.2, -0.15) is 13.2 Å². The summed E-state index contributed by atoms with van der Waals surface area (Å²) < 4.78 is 38.7. The molecule has 0 aliphatic carbocycles. The minimum atomic E-state index is -4.42. The van der Waals surface area contributed by atoms with Crippen LogP contribution in [0.25, 0.3) is 0 Å². The number of carbonyl (C=O) groups excluding carboxylic acids is 2. The molecule has 222 valence electrons. The average molecular weight is 572 g/mol. The molecule has 3 fully saturated rings. The van der Waals surface area contributed by atoms with Crippen molar-refractivity contribution in [2.24, 2.45) is 5.92 Å². The molecule has 2 N–H and O–H groups in total. The number of amides is 3. The Hall–Kier alpha value is -3.11. The van der Waals surface area contributed by atoms with Crippen LogP contribution >= 0.6 is 0 Å². The van der Waals surface area contributed by atoms with Gasteiger partial charge in [-0.05, 0) is 48.6 Å². The summed E-state index contributed by atoms with van der Waals surface area (Å²) in [5, 5.41) is 6.46. The first-order chi connectivity index (χ1) is 19.6. The molecule has 1 spiro atoms. The largest absolute Gasteiger partial charge is 0.416 e. The van der Waals surface area contributed by atoms with Crippen LogP contribution in [0.5, 0.6) is 0 Å². The first-order valence-electron chi connectivity index (χ1n) is 14.7. The molecule has 3 aliphatic rings. The summed E-state index contributed by atoms with van der Waals surface area (Å²) in [6.45, 7) is 7.87. The highest BCUT2D eigenvalue weighted by atomic mass is 19.4. The van der Waals surface area contributed by atoms with Gasteiger partial charge in [-0.15, -0.1) is 0 Å². The maximum absolute atomic E-state index is 13.9. The average Bonchev–Trinajstić information content (AvgIpc) is 3.24. The predicted octanol–water partition coefficient (Wildman–Crippen LogP) is 5.54. The number of likely N-dealkylation sites (tertiary alicyclic amines) is 2. The van der Waals surface area contributed by atoms with E-state index in [9.17, 15) is 22.8 Å². The molecule has 3 amide bonds. The molecule has 2 unspecified atom stereocenters. The fourth-order valence-electron chi connectivity index (χ4n) is 6.52. The van der Waals surface area contributed by atoms with Crippen molar-refractivity contribution in [3.63, 3.8) is 0 Å². The highest BCUT2D eigenvalue weighted by Crippen LogP contribution is 2.39. The summed E-state index contributed by atoms with van der Waals surface area (Å²) >= 11 is 0. The summed E-state index contributed by atoms with van der Waals surface area (Å²) in [5.74, 6) is 0.368. The SMILES string of the molecule is CCC(C)C1NC2(CCN(C(=O)Nc3ccc(C(F)(F)F)cc3)CC2)N(C2CCN(Cc3ccccc3)CC2)C1=O. The minimum Gasteiger partial charge on any atom is -0.324 e. The molecule has 3 saturated heterocycles. The van der Waals surface area contributed by atoms with Crippen molar-refractivity contribution >= 4 is 17.6 Å². The molecular weight excluding hydrogens is 531 g/mol. The molecule has 41 heavy (non-hydrogen) atoms. The Morgan fingerprint density at radius 2 is 1.66 bits per heavy atom. The normalized spacial score (nSPS) is 22.8. The molecule has 0 aromatic heterocycles. The first kappa shape index (κ1) is 29.4. The van der Waals surface area contributed by atoms with E-state index in [1.807, 2.05) is 6.07 Å². The smallest absolute Gasteiger partial charge is 0.324 e. The molecular formula is C31H40F3N5O2. The van der Waals surface area contributed by atoms with Crippen LogP contribution in [0.1, 0.15) is 57.1 Å². The lowest BCUT2D eigenvalue weighted by Crippen LogP contribution is -2.63. The third-order valence-electron chi connectivity index (χ3n) is 9.11. The van der Waals surface area contributed by atoms with E-state index in [0.717, 1.165) is 51.0 Å². The second-order valence-electron chi connectivity index (χ2n) is 11.7. The molecule has 3 heterocycles. The van der Waals surface area contributed by atoms with Gasteiger partial charge in [-0.3, -0.25) is 15.0 Å². The Labute approximate surface area is 240 Å². The highest BCUT2D eigenvalue weighted by molar-refractivity contribution is 5.89. The molecule has 0 bridgehead atoms. The van der Waals surface area contributed by atoms with Gasteiger partial charge in [0.05, 0.1) is 17.3 Å². The molecule has 7 nitrogen and oxygen atoms in total. The molecule has 2 atom stereocenters. The van der Waals surface area contributed by atoms with Crippen molar-refractivity contribution < 1.29 is 22.8 Å². The number of carbonyl (C=O) groups is 2. The second-order valence-corrected chi connectivity index (χ2v) is 11.7. The Morgan fingerprint density at radius 1 is 1.02 bits per heavy atom. The van der Waals surface area contributed by atoms with Crippen LogP contribution < -0.4 is 10.6 Å². The number of hydrogen-bond acceptors (Lipinski definition) is 4. The van der Waals surface area contributed by atoms with Gasteiger partial charge in [0.1, 0.15) is 0 Å². The van der Waals surface area contributed by atoms with Crippen molar-refractivity contribution in [2.45, 2.75) is 76.4 Å². The van der Waals surface area contributed by atoms with Crippen LogP contribution in [0.4, 0.5) is 23.7 Å². The molecule has 2 aromatic carbocycles. The van der Waals surface area contributed by atoms with Gasteiger partial charge < -0.3 is 15.1 Å². The summed E-state index contributed by atoms with van der Waals surface area (Å²) in [4.78, 5) is 33.1. The third-order valence-corrected chi connectivity index (χ3v) is 9.11. The number of urea groups is 1.